The molecule has 3 aliphatic heterocycles. The molecule has 3 rings (SSSR count). The summed E-state index contributed by atoms with van der Waals surface area (Å²) in [6.07, 6.45) is 1.30. The highest BCUT2D eigenvalue weighted by Crippen LogP contribution is 2.49. The number of hydrogen-bond donors (Lipinski definition) is 0. The summed E-state index contributed by atoms with van der Waals surface area (Å²) in [4.78, 5) is 13.9. The number of nitrogens with zero attached hydrogens (tertiary/aromatic N) is 1. The van der Waals surface area contributed by atoms with Gasteiger partial charge in [0.05, 0.1) is 18.6 Å². The Morgan fingerprint density at radius 3 is 3.13 bits per heavy atom. The Balaban J connectivity index is 1.85. The third kappa shape index (κ3) is 1.12. The van der Waals surface area contributed by atoms with E-state index >= 15 is 0 Å². The van der Waals surface area contributed by atoms with Crippen molar-refractivity contribution in [3.63, 3.8) is 0 Å². The van der Waals surface area contributed by atoms with Gasteiger partial charge in [0, 0.05) is 24.6 Å². The molecule has 3 saturated heterocycles. The van der Waals surface area contributed by atoms with Gasteiger partial charge in [0.25, 0.3) is 0 Å². The quantitative estimate of drug-likeness (QED) is 0.614. The van der Waals surface area contributed by atoms with Crippen molar-refractivity contribution in [3.8, 4) is 0 Å². The lowest BCUT2D eigenvalue weighted by molar-refractivity contribution is -0.142. The van der Waals surface area contributed by atoms with Crippen LogP contribution in [-0.2, 0) is 14.3 Å². The first-order chi connectivity index (χ1) is 7.24. The highest BCUT2D eigenvalue weighted by Gasteiger charge is 2.62. The average molecular weight is 211 g/mol. The Kier molecular flexibility index (Phi) is 2.04. The monoisotopic (exact) mass is 211 g/mol. The zero-order valence-corrected chi connectivity index (χ0v) is 9.18. The largest absolute Gasteiger partial charge is 0.465 e. The molecular weight excluding hydrogens is 194 g/mol. The van der Waals surface area contributed by atoms with Crippen LogP contribution in [0, 0.1) is 11.8 Å². The van der Waals surface area contributed by atoms with Crippen LogP contribution in [0.1, 0.15) is 13.3 Å². The van der Waals surface area contributed by atoms with E-state index in [0.29, 0.717) is 30.7 Å². The van der Waals surface area contributed by atoms with Crippen molar-refractivity contribution in [3.05, 3.63) is 0 Å². The minimum Gasteiger partial charge on any atom is -0.465 e. The summed E-state index contributed by atoms with van der Waals surface area (Å²) in [7, 11) is 2.11. The maximum Gasteiger partial charge on any atom is 0.311 e. The fourth-order valence-electron chi connectivity index (χ4n) is 3.69. The summed E-state index contributed by atoms with van der Waals surface area (Å²) in [5, 5.41) is 0. The Hall–Kier alpha value is -0.610. The molecule has 4 heteroatoms. The molecule has 84 valence electrons. The highest BCUT2D eigenvalue weighted by molar-refractivity contribution is 5.76. The third-order valence-corrected chi connectivity index (χ3v) is 4.23. The zero-order chi connectivity index (χ0) is 10.6. The molecule has 4 nitrogen and oxygen atoms in total. The smallest absolute Gasteiger partial charge is 0.311 e. The number of likely N-dealkylation sites (N-methyl/N-ethyl adjacent to an activating group) is 1. The molecule has 2 bridgehead atoms. The Morgan fingerprint density at radius 2 is 2.40 bits per heavy atom. The fraction of sp³-hybridized carbons (Fsp3) is 0.909. The molecule has 5 unspecified atom stereocenters. The number of hydrogen-bond acceptors (Lipinski definition) is 4. The topological polar surface area (TPSA) is 38.8 Å². The summed E-state index contributed by atoms with van der Waals surface area (Å²) in [6.45, 7) is 3.38. The molecule has 5 atom stereocenters. The van der Waals surface area contributed by atoms with Crippen LogP contribution >= 0.6 is 0 Å². The SMILES string of the molecule is CCOC1CC2C3C(=O)OCC3C1N2C. The van der Waals surface area contributed by atoms with E-state index in [0.717, 1.165) is 13.0 Å². The maximum atomic E-state index is 11.6. The van der Waals surface area contributed by atoms with Crippen molar-refractivity contribution in [1.82, 2.24) is 4.90 Å². The van der Waals surface area contributed by atoms with Crippen LogP contribution in [0.4, 0.5) is 0 Å². The molecule has 3 aliphatic rings. The van der Waals surface area contributed by atoms with E-state index in [2.05, 4.69) is 11.9 Å². The van der Waals surface area contributed by atoms with Gasteiger partial charge in [0.15, 0.2) is 0 Å². The predicted molar refractivity (Wildman–Crippen MR) is 53.3 cm³/mol. The van der Waals surface area contributed by atoms with Gasteiger partial charge < -0.3 is 9.47 Å². The van der Waals surface area contributed by atoms with E-state index in [-0.39, 0.29) is 11.9 Å². The van der Waals surface area contributed by atoms with Gasteiger partial charge in [-0.15, -0.1) is 0 Å². The van der Waals surface area contributed by atoms with Crippen molar-refractivity contribution in [1.29, 1.82) is 0 Å². The number of rotatable bonds is 2. The van der Waals surface area contributed by atoms with Crippen LogP contribution in [-0.4, -0.2) is 49.3 Å². The Morgan fingerprint density at radius 1 is 1.60 bits per heavy atom. The number of carbonyl (C=O) groups is 1. The normalized spacial score (nSPS) is 48.4. The number of carbonyl (C=O) groups excluding carboxylic acids is 1. The maximum absolute atomic E-state index is 11.6. The van der Waals surface area contributed by atoms with E-state index in [1.807, 2.05) is 6.92 Å². The van der Waals surface area contributed by atoms with Gasteiger partial charge in [0.1, 0.15) is 0 Å². The van der Waals surface area contributed by atoms with Gasteiger partial charge in [-0.1, -0.05) is 0 Å². The Bertz CT molecular complexity index is 292. The first kappa shape index (κ1) is 9.60. The van der Waals surface area contributed by atoms with E-state index in [1.54, 1.807) is 0 Å². The molecule has 0 radical (unpaired) electrons. The number of cyclic esters (lactones) is 1. The fourth-order valence-corrected chi connectivity index (χ4v) is 3.69. The second-order valence-electron chi connectivity index (χ2n) is 4.77. The predicted octanol–water partition coefficient (Wildman–Crippen LogP) is 0.267. The average Bonchev–Trinajstić information content (AvgIpc) is 2.79. The van der Waals surface area contributed by atoms with E-state index < -0.39 is 0 Å². The lowest BCUT2D eigenvalue weighted by Crippen LogP contribution is -2.39. The van der Waals surface area contributed by atoms with Gasteiger partial charge in [-0.05, 0) is 20.4 Å². The summed E-state index contributed by atoms with van der Waals surface area (Å²) in [5.74, 6) is 0.504. The first-order valence-corrected chi connectivity index (χ1v) is 5.74. The van der Waals surface area contributed by atoms with Gasteiger partial charge in [-0.25, -0.2) is 0 Å². The molecule has 0 spiro atoms. The lowest BCUT2D eigenvalue weighted by Gasteiger charge is -2.27. The van der Waals surface area contributed by atoms with Crippen molar-refractivity contribution in [2.45, 2.75) is 31.5 Å². The van der Waals surface area contributed by atoms with Crippen LogP contribution < -0.4 is 0 Å². The molecule has 0 amide bonds. The first-order valence-electron chi connectivity index (χ1n) is 5.74. The van der Waals surface area contributed by atoms with Crippen molar-refractivity contribution < 1.29 is 14.3 Å². The van der Waals surface area contributed by atoms with Crippen LogP contribution in [0.2, 0.25) is 0 Å². The Labute approximate surface area is 89.5 Å². The molecular formula is C11H17NO3. The molecule has 0 aromatic rings. The van der Waals surface area contributed by atoms with E-state index in [9.17, 15) is 4.79 Å². The van der Waals surface area contributed by atoms with Crippen molar-refractivity contribution in [2.24, 2.45) is 11.8 Å². The standard InChI is InChI=1S/C11H17NO3/c1-3-14-8-4-7-9-6(5-15-11(9)13)10(8)12(7)2/h6-10H,3-5H2,1-2H3. The second kappa shape index (κ2) is 3.19. The lowest BCUT2D eigenvalue weighted by atomic mass is 9.80. The van der Waals surface area contributed by atoms with Gasteiger partial charge >= 0.3 is 5.97 Å². The number of ether oxygens (including phenoxy) is 2. The van der Waals surface area contributed by atoms with E-state index in [1.165, 1.54) is 0 Å². The van der Waals surface area contributed by atoms with Crippen molar-refractivity contribution >= 4 is 5.97 Å². The molecule has 3 heterocycles. The number of esters is 1. The zero-order valence-electron chi connectivity index (χ0n) is 9.18. The van der Waals surface area contributed by atoms with Crippen LogP contribution in [0.5, 0.6) is 0 Å². The minimum atomic E-state index is 0.00861. The third-order valence-electron chi connectivity index (χ3n) is 4.23. The molecule has 15 heavy (non-hydrogen) atoms. The van der Waals surface area contributed by atoms with Crippen molar-refractivity contribution in [2.75, 3.05) is 20.3 Å². The molecule has 0 aliphatic carbocycles. The van der Waals surface area contributed by atoms with Crippen LogP contribution in [0.3, 0.4) is 0 Å². The number of fused-ring (bicyclic) bond motifs is 5. The van der Waals surface area contributed by atoms with Crippen LogP contribution in [0.15, 0.2) is 0 Å². The van der Waals surface area contributed by atoms with Crippen LogP contribution in [0.25, 0.3) is 0 Å². The van der Waals surface area contributed by atoms with Gasteiger partial charge in [0.2, 0.25) is 0 Å². The highest BCUT2D eigenvalue weighted by atomic mass is 16.5. The van der Waals surface area contributed by atoms with Gasteiger partial charge in [-0.3, -0.25) is 9.69 Å². The molecule has 0 aromatic heterocycles. The minimum absolute atomic E-state index is 0.00861. The molecule has 0 aromatic carbocycles. The molecule has 0 N–H and O–H groups in total. The van der Waals surface area contributed by atoms with E-state index in [4.69, 9.17) is 9.47 Å². The summed E-state index contributed by atoms with van der Waals surface area (Å²) in [5.41, 5.74) is 0. The summed E-state index contributed by atoms with van der Waals surface area (Å²) in [6, 6.07) is 0.748. The summed E-state index contributed by atoms with van der Waals surface area (Å²) < 4.78 is 10.9. The summed E-state index contributed by atoms with van der Waals surface area (Å²) >= 11 is 0. The second-order valence-corrected chi connectivity index (χ2v) is 4.77. The van der Waals surface area contributed by atoms with Gasteiger partial charge in [-0.2, -0.15) is 0 Å². The molecule has 0 saturated carbocycles. The molecule has 3 fully saturated rings.